The second-order valence-corrected chi connectivity index (χ2v) is 3.32. The summed E-state index contributed by atoms with van der Waals surface area (Å²) in [4.78, 5) is 0. The first kappa shape index (κ1) is 8.97. The highest BCUT2D eigenvalue weighted by Gasteiger charge is 2.33. The van der Waals surface area contributed by atoms with Gasteiger partial charge in [-0.15, -0.1) is 0 Å². The minimum Gasteiger partial charge on any atom is -0.394 e. The van der Waals surface area contributed by atoms with E-state index in [0.717, 1.165) is 19.4 Å². The Morgan fingerprint density at radius 2 is 2.45 bits per heavy atom. The quantitative estimate of drug-likeness (QED) is 0.602. The van der Waals surface area contributed by atoms with Gasteiger partial charge < -0.3 is 15.2 Å². The molecule has 1 aliphatic rings. The van der Waals surface area contributed by atoms with Crippen molar-refractivity contribution in [3.05, 3.63) is 0 Å². The molecule has 0 amide bonds. The van der Waals surface area contributed by atoms with Gasteiger partial charge in [0, 0.05) is 12.1 Å². The maximum Gasteiger partial charge on any atom is 0.0615 e. The van der Waals surface area contributed by atoms with Crippen molar-refractivity contribution in [3.8, 4) is 0 Å². The first-order chi connectivity index (χ1) is 5.22. The van der Waals surface area contributed by atoms with Crippen LogP contribution in [0.2, 0.25) is 0 Å². The van der Waals surface area contributed by atoms with Crippen molar-refractivity contribution in [2.75, 3.05) is 20.3 Å². The molecule has 0 spiro atoms. The summed E-state index contributed by atoms with van der Waals surface area (Å²) in [6, 6.07) is 0. The molecule has 0 aromatic carbocycles. The Bertz CT molecular complexity index is 123. The Balaban J connectivity index is 2.52. The lowest BCUT2D eigenvalue weighted by molar-refractivity contribution is -0.0333. The van der Waals surface area contributed by atoms with Crippen molar-refractivity contribution >= 4 is 0 Å². The van der Waals surface area contributed by atoms with Crippen LogP contribution < -0.4 is 5.32 Å². The van der Waals surface area contributed by atoms with E-state index >= 15 is 0 Å². The van der Waals surface area contributed by atoms with Crippen LogP contribution in [0.3, 0.4) is 0 Å². The normalized spacial score (nSPS) is 39.0. The van der Waals surface area contributed by atoms with Crippen LogP contribution in [0.5, 0.6) is 0 Å². The lowest BCUT2D eigenvalue weighted by atomic mass is 9.88. The van der Waals surface area contributed by atoms with Crippen LogP contribution >= 0.6 is 0 Å². The topological polar surface area (TPSA) is 41.5 Å². The van der Waals surface area contributed by atoms with Crippen molar-refractivity contribution in [3.63, 3.8) is 0 Å². The molecule has 1 rings (SSSR count). The standard InChI is InChI=1S/C8H17NO2/c1-7-5-8(6-10,9-2)3-4-11-7/h7,9-10H,3-6H2,1-2H3. The number of ether oxygens (including phenoxy) is 1. The van der Waals surface area contributed by atoms with Gasteiger partial charge in [0.05, 0.1) is 12.7 Å². The van der Waals surface area contributed by atoms with Crippen LogP contribution in [0.4, 0.5) is 0 Å². The summed E-state index contributed by atoms with van der Waals surface area (Å²) in [7, 11) is 1.90. The summed E-state index contributed by atoms with van der Waals surface area (Å²) >= 11 is 0. The number of hydrogen-bond acceptors (Lipinski definition) is 3. The van der Waals surface area contributed by atoms with Gasteiger partial charge in [-0.1, -0.05) is 0 Å². The average Bonchev–Trinajstić information content (AvgIpc) is 2.04. The van der Waals surface area contributed by atoms with Gasteiger partial charge in [0.25, 0.3) is 0 Å². The van der Waals surface area contributed by atoms with Crippen molar-refractivity contribution in [1.29, 1.82) is 0 Å². The minimum atomic E-state index is -0.0856. The smallest absolute Gasteiger partial charge is 0.0615 e. The van der Waals surface area contributed by atoms with Crippen LogP contribution in [0.25, 0.3) is 0 Å². The molecule has 2 unspecified atom stereocenters. The second kappa shape index (κ2) is 3.52. The number of nitrogens with one attached hydrogen (secondary N) is 1. The summed E-state index contributed by atoms with van der Waals surface area (Å²) in [5.41, 5.74) is -0.0856. The third kappa shape index (κ3) is 1.92. The largest absolute Gasteiger partial charge is 0.394 e. The number of aliphatic hydroxyl groups excluding tert-OH is 1. The van der Waals surface area contributed by atoms with Gasteiger partial charge in [0.15, 0.2) is 0 Å². The monoisotopic (exact) mass is 159 g/mol. The molecule has 0 saturated carbocycles. The van der Waals surface area contributed by atoms with Crippen LogP contribution in [-0.2, 0) is 4.74 Å². The fourth-order valence-corrected chi connectivity index (χ4v) is 1.62. The fourth-order valence-electron chi connectivity index (χ4n) is 1.62. The van der Waals surface area contributed by atoms with E-state index in [1.165, 1.54) is 0 Å². The number of hydrogen-bond donors (Lipinski definition) is 2. The van der Waals surface area contributed by atoms with E-state index in [2.05, 4.69) is 5.32 Å². The van der Waals surface area contributed by atoms with Crippen molar-refractivity contribution in [2.45, 2.75) is 31.4 Å². The molecule has 1 aliphatic heterocycles. The minimum absolute atomic E-state index is 0.0856. The molecule has 11 heavy (non-hydrogen) atoms. The Morgan fingerprint density at radius 1 is 1.73 bits per heavy atom. The molecule has 2 N–H and O–H groups in total. The molecule has 1 saturated heterocycles. The molecule has 0 aromatic rings. The zero-order valence-corrected chi connectivity index (χ0v) is 7.26. The molecular weight excluding hydrogens is 142 g/mol. The molecular formula is C8H17NO2. The predicted octanol–water partition coefficient (Wildman–Crippen LogP) is 0.136. The molecule has 0 aromatic heterocycles. The van der Waals surface area contributed by atoms with Gasteiger partial charge >= 0.3 is 0 Å². The molecule has 2 atom stereocenters. The van der Waals surface area contributed by atoms with Gasteiger partial charge in [-0.3, -0.25) is 0 Å². The summed E-state index contributed by atoms with van der Waals surface area (Å²) in [5.74, 6) is 0. The van der Waals surface area contributed by atoms with Gasteiger partial charge in [-0.25, -0.2) is 0 Å². The first-order valence-electron chi connectivity index (χ1n) is 4.14. The summed E-state index contributed by atoms with van der Waals surface area (Å²) in [6.07, 6.45) is 2.08. The SMILES string of the molecule is CNC1(CO)CCOC(C)C1. The van der Waals surface area contributed by atoms with E-state index in [4.69, 9.17) is 9.84 Å². The Morgan fingerprint density at radius 3 is 2.82 bits per heavy atom. The van der Waals surface area contributed by atoms with Crippen LogP contribution in [-0.4, -0.2) is 37.0 Å². The Hall–Kier alpha value is -0.120. The zero-order chi connectivity index (χ0) is 8.32. The number of rotatable bonds is 2. The molecule has 3 nitrogen and oxygen atoms in total. The Labute approximate surface area is 67.7 Å². The third-order valence-electron chi connectivity index (χ3n) is 2.49. The molecule has 1 heterocycles. The average molecular weight is 159 g/mol. The second-order valence-electron chi connectivity index (χ2n) is 3.32. The Kier molecular flexibility index (Phi) is 2.87. The predicted molar refractivity (Wildman–Crippen MR) is 43.5 cm³/mol. The number of likely N-dealkylation sites (N-methyl/N-ethyl adjacent to an activating group) is 1. The van der Waals surface area contributed by atoms with Gasteiger partial charge in [0.2, 0.25) is 0 Å². The molecule has 66 valence electrons. The molecule has 1 fully saturated rings. The van der Waals surface area contributed by atoms with E-state index in [0.29, 0.717) is 0 Å². The third-order valence-corrected chi connectivity index (χ3v) is 2.49. The number of aliphatic hydroxyl groups is 1. The molecule has 0 bridgehead atoms. The summed E-state index contributed by atoms with van der Waals surface area (Å²) in [5, 5.41) is 12.3. The fraction of sp³-hybridized carbons (Fsp3) is 1.00. The van der Waals surface area contributed by atoms with Crippen molar-refractivity contribution < 1.29 is 9.84 Å². The van der Waals surface area contributed by atoms with Gasteiger partial charge in [-0.2, -0.15) is 0 Å². The first-order valence-corrected chi connectivity index (χ1v) is 4.14. The summed E-state index contributed by atoms with van der Waals surface area (Å²) in [6.45, 7) is 3.00. The molecule has 0 aliphatic carbocycles. The van der Waals surface area contributed by atoms with E-state index in [-0.39, 0.29) is 18.2 Å². The highest BCUT2D eigenvalue weighted by atomic mass is 16.5. The van der Waals surface area contributed by atoms with E-state index in [1.54, 1.807) is 0 Å². The van der Waals surface area contributed by atoms with Crippen molar-refractivity contribution in [2.24, 2.45) is 0 Å². The van der Waals surface area contributed by atoms with Crippen LogP contribution in [0, 0.1) is 0 Å². The molecule has 0 radical (unpaired) electrons. The van der Waals surface area contributed by atoms with Crippen LogP contribution in [0.1, 0.15) is 19.8 Å². The highest BCUT2D eigenvalue weighted by molar-refractivity contribution is 4.90. The van der Waals surface area contributed by atoms with Crippen molar-refractivity contribution in [1.82, 2.24) is 5.32 Å². The van der Waals surface area contributed by atoms with Gasteiger partial charge in [-0.05, 0) is 26.8 Å². The zero-order valence-electron chi connectivity index (χ0n) is 7.26. The van der Waals surface area contributed by atoms with Crippen LogP contribution in [0.15, 0.2) is 0 Å². The lowest BCUT2D eigenvalue weighted by Crippen LogP contribution is -2.52. The molecule has 3 heteroatoms. The van der Waals surface area contributed by atoms with E-state index < -0.39 is 0 Å². The maximum absolute atomic E-state index is 9.14. The lowest BCUT2D eigenvalue weighted by Gasteiger charge is -2.38. The van der Waals surface area contributed by atoms with E-state index in [1.807, 2.05) is 14.0 Å². The summed E-state index contributed by atoms with van der Waals surface area (Å²) < 4.78 is 5.39. The highest BCUT2D eigenvalue weighted by Crippen LogP contribution is 2.23. The maximum atomic E-state index is 9.14. The van der Waals surface area contributed by atoms with E-state index in [9.17, 15) is 0 Å². The van der Waals surface area contributed by atoms with Gasteiger partial charge in [0.1, 0.15) is 0 Å².